The minimum absolute atomic E-state index is 1.03. The average molecular weight is 278 g/mol. The number of fused-ring (bicyclic) bond motifs is 2. The molecule has 2 aromatic rings. The minimum Gasteiger partial charge on any atom is -0.385 e. The summed E-state index contributed by atoms with van der Waals surface area (Å²) in [5.74, 6) is 0. The van der Waals surface area contributed by atoms with Crippen LogP contribution in [0.3, 0.4) is 0 Å². The van der Waals surface area contributed by atoms with E-state index in [-0.39, 0.29) is 0 Å². The van der Waals surface area contributed by atoms with Crippen molar-refractivity contribution in [3.05, 3.63) is 59.2 Å². The lowest BCUT2D eigenvalue weighted by molar-refractivity contribution is 0.690. The third-order valence-corrected chi connectivity index (χ3v) is 4.69. The summed E-state index contributed by atoms with van der Waals surface area (Å²) in [6, 6.07) is 15.8. The maximum Gasteiger partial charge on any atom is 0.0429 e. The fourth-order valence-corrected chi connectivity index (χ4v) is 3.62. The topological polar surface area (TPSA) is 15.3 Å². The Kier molecular flexibility index (Phi) is 3.30. The molecule has 2 heteroatoms. The Balaban J connectivity index is 1.59. The lowest BCUT2D eigenvalue weighted by Crippen LogP contribution is -2.28. The standard InChI is InChI=1S/C19H22N2/c1-2-8-19-16(5-1)7-4-12-21(19)14-15-9-10-18-17(13-15)6-3-11-20-18/h1-2,5,8-10,13,20H,3-4,6-7,11-12,14H2. The van der Waals surface area contributed by atoms with E-state index in [2.05, 4.69) is 52.7 Å². The van der Waals surface area contributed by atoms with Gasteiger partial charge in [-0.15, -0.1) is 0 Å². The van der Waals surface area contributed by atoms with Crippen molar-refractivity contribution in [2.75, 3.05) is 23.3 Å². The first-order valence-electron chi connectivity index (χ1n) is 8.09. The number of hydrogen-bond acceptors (Lipinski definition) is 2. The van der Waals surface area contributed by atoms with Gasteiger partial charge in [0.1, 0.15) is 0 Å². The van der Waals surface area contributed by atoms with Crippen LogP contribution in [0.1, 0.15) is 29.5 Å². The lowest BCUT2D eigenvalue weighted by atomic mass is 9.98. The zero-order valence-corrected chi connectivity index (χ0v) is 12.4. The molecule has 0 saturated carbocycles. The number of aryl methyl sites for hydroxylation is 2. The van der Waals surface area contributed by atoms with E-state index in [4.69, 9.17) is 0 Å². The number of rotatable bonds is 2. The van der Waals surface area contributed by atoms with Gasteiger partial charge in [0, 0.05) is 31.0 Å². The van der Waals surface area contributed by atoms with E-state index in [9.17, 15) is 0 Å². The SMILES string of the molecule is c1ccc2c(c1)CCCN2Cc1ccc2c(c1)CCCN2. The molecule has 2 heterocycles. The number of benzene rings is 2. The molecule has 1 N–H and O–H groups in total. The lowest BCUT2D eigenvalue weighted by Gasteiger charge is -2.31. The Morgan fingerprint density at radius 2 is 1.86 bits per heavy atom. The molecule has 4 rings (SSSR count). The first kappa shape index (κ1) is 12.8. The van der Waals surface area contributed by atoms with Crippen LogP contribution in [0.4, 0.5) is 11.4 Å². The Morgan fingerprint density at radius 3 is 2.86 bits per heavy atom. The summed E-state index contributed by atoms with van der Waals surface area (Å²) in [4.78, 5) is 2.54. The van der Waals surface area contributed by atoms with Crippen LogP contribution in [0.15, 0.2) is 42.5 Å². The molecule has 0 bridgehead atoms. The van der Waals surface area contributed by atoms with Crippen molar-refractivity contribution in [2.45, 2.75) is 32.2 Å². The van der Waals surface area contributed by atoms with Crippen molar-refractivity contribution in [1.82, 2.24) is 0 Å². The van der Waals surface area contributed by atoms with Gasteiger partial charge in [-0.25, -0.2) is 0 Å². The van der Waals surface area contributed by atoms with E-state index in [1.165, 1.54) is 60.3 Å². The molecule has 2 aromatic carbocycles. The largest absolute Gasteiger partial charge is 0.385 e. The van der Waals surface area contributed by atoms with Gasteiger partial charge in [0.2, 0.25) is 0 Å². The highest BCUT2D eigenvalue weighted by Crippen LogP contribution is 2.29. The van der Waals surface area contributed by atoms with Gasteiger partial charge in [-0.2, -0.15) is 0 Å². The van der Waals surface area contributed by atoms with Gasteiger partial charge in [0.15, 0.2) is 0 Å². The molecule has 0 atom stereocenters. The van der Waals surface area contributed by atoms with E-state index in [0.29, 0.717) is 0 Å². The molecule has 0 fully saturated rings. The molecular formula is C19H22N2. The van der Waals surface area contributed by atoms with Crippen LogP contribution in [0.2, 0.25) is 0 Å². The van der Waals surface area contributed by atoms with Crippen molar-refractivity contribution < 1.29 is 0 Å². The van der Waals surface area contributed by atoms with Crippen LogP contribution in [0.5, 0.6) is 0 Å². The molecule has 0 saturated heterocycles. The summed E-state index contributed by atoms with van der Waals surface area (Å²) in [6.45, 7) is 3.32. The first-order chi connectivity index (χ1) is 10.4. The zero-order valence-electron chi connectivity index (χ0n) is 12.4. The zero-order chi connectivity index (χ0) is 14.1. The van der Waals surface area contributed by atoms with E-state index in [1.54, 1.807) is 0 Å². The highest BCUT2D eigenvalue weighted by Gasteiger charge is 2.17. The van der Waals surface area contributed by atoms with Gasteiger partial charge < -0.3 is 10.2 Å². The van der Waals surface area contributed by atoms with Gasteiger partial charge in [-0.3, -0.25) is 0 Å². The van der Waals surface area contributed by atoms with E-state index in [1.807, 2.05) is 0 Å². The van der Waals surface area contributed by atoms with Gasteiger partial charge in [0.05, 0.1) is 0 Å². The predicted molar refractivity (Wildman–Crippen MR) is 89.1 cm³/mol. The molecule has 2 aliphatic rings. The van der Waals surface area contributed by atoms with Gasteiger partial charge >= 0.3 is 0 Å². The monoisotopic (exact) mass is 278 g/mol. The van der Waals surface area contributed by atoms with Crippen molar-refractivity contribution in [1.29, 1.82) is 0 Å². The molecule has 0 amide bonds. The Morgan fingerprint density at radius 1 is 0.952 bits per heavy atom. The third kappa shape index (κ3) is 2.51. The fourth-order valence-electron chi connectivity index (χ4n) is 3.62. The second kappa shape index (κ2) is 5.44. The highest BCUT2D eigenvalue weighted by molar-refractivity contribution is 5.58. The molecule has 21 heavy (non-hydrogen) atoms. The van der Waals surface area contributed by atoms with E-state index >= 15 is 0 Å². The van der Waals surface area contributed by atoms with Crippen LogP contribution in [0, 0.1) is 0 Å². The van der Waals surface area contributed by atoms with Crippen LogP contribution < -0.4 is 10.2 Å². The maximum absolute atomic E-state index is 3.50. The van der Waals surface area contributed by atoms with Crippen molar-refractivity contribution in [2.24, 2.45) is 0 Å². The van der Waals surface area contributed by atoms with Crippen LogP contribution in [-0.2, 0) is 19.4 Å². The molecule has 0 radical (unpaired) electrons. The molecule has 108 valence electrons. The second-order valence-electron chi connectivity index (χ2n) is 6.18. The van der Waals surface area contributed by atoms with Crippen molar-refractivity contribution in [3.63, 3.8) is 0 Å². The van der Waals surface area contributed by atoms with E-state index < -0.39 is 0 Å². The summed E-state index contributed by atoms with van der Waals surface area (Å²) in [5.41, 5.74) is 7.20. The summed E-state index contributed by atoms with van der Waals surface area (Å²) in [7, 11) is 0. The summed E-state index contributed by atoms with van der Waals surface area (Å²) < 4.78 is 0. The summed E-state index contributed by atoms with van der Waals surface area (Å²) >= 11 is 0. The molecule has 0 unspecified atom stereocenters. The molecule has 0 aromatic heterocycles. The molecule has 0 spiro atoms. The molecule has 0 aliphatic carbocycles. The van der Waals surface area contributed by atoms with Crippen molar-refractivity contribution >= 4 is 11.4 Å². The van der Waals surface area contributed by atoms with Crippen LogP contribution in [-0.4, -0.2) is 13.1 Å². The number of para-hydroxylation sites is 1. The number of hydrogen-bond donors (Lipinski definition) is 1. The first-order valence-corrected chi connectivity index (χ1v) is 8.09. The molecule has 2 nitrogen and oxygen atoms in total. The Bertz CT molecular complexity index is 648. The Hall–Kier alpha value is -1.96. The van der Waals surface area contributed by atoms with Gasteiger partial charge in [0.25, 0.3) is 0 Å². The van der Waals surface area contributed by atoms with Gasteiger partial charge in [-0.05, 0) is 54.5 Å². The molecule has 2 aliphatic heterocycles. The fraction of sp³-hybridized carbons (Fsp3) is 0.368. The van der Waals surface area contributed by atoms with Crippen molar-refractivity contribution in [3.8, 4) is 0 Å². The second-order valence-corrected chi connectivity index (χ2v) is 6.18. The number of anilines is 2. The Labute approximate surface area is 126 Å². The third-order valence-electron chi connectivity index (χ3n) is 4.69. The van der Waals surface area contributed by atoms with E-state index in [0.717, 1.165) is 13.1 Å². The predicted octanol–water partition coefficient (Wildman–Crippen LogP) is 4.00. The average Bonchev–Trinajstić information content (AvgIpc) is 2.55. The highest BCUT2D eigenvalue weighted by atomic mass is 15.1. The van der Waals surface area contributed by atoms with Crippen LogP contribution in [0.25, 0.3) is 0 Å². The minimum atomic E-state index is 1.03. The number of nitrogens with zero attached hydrogens (tertiary/aromatic N) is 1. The normalized spacial score (nSPS) is 16.9. The molecular weight excluding hydrogens is 256 g/mol. The summed E-state index contributed by atoms with van der Waals surface area (Å²) in [5, 5.41) is 3.50. The smallest absolute Gasteiger partial charge is 0.0429 e. The van der Waals surface area contributed by atoms with Gasteiger partial charge in [-0.1, -0.05) is 30.3 Å². The number of nitrogens with one attached hydrogen (secondary N) is 1. The van der Waals surface area contributed by atoms with Crippen LogP contribution >= 0.6 is 0 Å². The quantitative estimate of drug-likeness (QED) is 0.893. The maximum atomic E-state index is 3.50. The summed E-state index contributed by atoms with van der Waals surface area (Å²) in [6.07, 6.45) is 4.96.